The first-order valence-electron chi connectivity index (χ1n) is 11.4. The Balaban J connectivity index is 1.69. The van der Waals surface area contributed by atoms with Crippen LogP contribution in [-0.2, 0) is 12.8 Å². The van der Waals surface area contributed by atoms with Gasteiger partial charge in [-0.05, 0) is 68.0 Å². The number of methoxy groups -OCH3 is 2. The molecule has 172 valence electrons. The Bertz CT molecular complexity index is 1240. The molecule has 1 atom stereocenters. The van der Waals surface area contributed by atoms with E-state index in [1.54, 1.807) is 18.9 Å². The van der Waals surface area contributed by atoms with Gasteiger partial charge < -0.3 is 19.5 Å². The molecule has 0 spiro atoms. The van der Waals surface area contributed by atoms with Crippen molar-refractivity contribution in [3.63, 3.8) is 0 Å². The maximum Gasteiger partial charge on any atom is 0.275 e. The predicted molar refractivity (Wildman–Crippen MR) is 128 cm³/mol. The van der Waals surface area contributed by atoms with Crippen LogP contribution in [0, 0.1) is 6.92 Å². The second-order valence-corrected chi connectivity index (χ2v) is 8.84. The molecule has 1 fully saturated rings. The summed E-state index contributed by atoms with van der Waals surface area (Å²) >= 11 is 0. The first-order chi connectivity index (χ1) is 16.0. The minimum absolute atomic E-state index is 0.0529. The minimum Gasteiger partial charge on any atom is -0.497 e. The summed E-state index contributed by atoms with van der Waals surface area (Å²) in [6.45, 7) is 3.39. The Morgan fingerprint density at radius 3 is 2.42 bits per heavy atom. The summed E-state index contributed by atoms with van der Waals surface area (Å²) in [5.74, 6) is 1.36. The number of aliphatic hydroxyl groups is 1. The summed E-state index contributed by atoms with van der Waals surface area (Å²) in [5, 5.41) is 14.9. The lowest BCUT2D eigenvalue weighted by atomic mass is 10.0. The number of benzene rings is 2. The Morgan fingerprint density at radius 2 is 1.76 bits per heavy atom. The van der Waals surface area contributed by atoms with E-state index in [-0.39, 0.29) is 11.7 Å². The van der Waals surface area contributed by atoms with Crippen molar-refractivity contribution in [2.45, 2.75) is 38.7 Å². The summed E-state index contributed by atoms with van der Waals surface area (Å²) in [6.07, 6.45) is 2.96. The van der Waals surface area contributed by atoms with Crippen LogP contribution in [0.2, 0.25) is 0 Å². The van der Waals surface area contributed by atoms with Gasteiger partial charge in [0.1, 0.15) is 11.5 Å². The fourth-order valence-electron chi connectivity index (χ4n) is 4.91. The Hall–Kier alpha value is -3.32. The maximum absolute atomic E-state index is 13.5. The summed E-state index contributed by atoms with van der Waals surface area (Å²) < 4.78 is 12.5. The number of aryl methyl sites for hydroxylation is 1. The van der Waals surface area contributed by atoms with Crippen LogP contribution in [0.3, 0.4) is 0 Å². The van der Waals surface area contributed by atoms with Gasteiger partial charge in [-0.3, -0.25) is 4.79 Å². The molecule has 0 saturated carbocycles. The predicted octanol–water partition coefficient (Wildman–Crippen LogP) is 3.28. The number of ether oxygens (including phenoxy) is 2. The zero-order valence-corrected chi connectivity index (χ0v) is 19.3. The summed E-state index contributed by atoms with van der Waals surface area (Å²) in [5.41, 5.74) is 6.19. The van der Waals surface area contributed by atoms with Crippen LogP contribution in [0.1, 0.15) is 29.5 Å². The van der Waals surface area contributed by atoms with Crippen LogP contribution < -0.4 is 19.9 Å². The van der Waals surface area contributed by atoms with E-state index in [0.29, 0.717) is 18.0 Å². The van der Waals surface area contributed by atoms with Gasteiger partial charge in [-0.25, -0.2) is 0 Å². The third-order valence-electron chi connectivity index (χ3n) is 6.73. The lowest BCUT2D eigenvalue weighted by Gasteiger charge is -2.21. The topological polar surface area (TPSA) is 76.8 Å². The van der Waals surface area contributed by atoms with E-state index in [1.807, 2.05) is 43.3 Å². The summed E-state index contributed by atoms with van der Waals surface area (Å²) in [7, 11) is 3.25. The smallest absolute Gasteiger partial charge is 0.275 e. The quantitative estimate of drug-likeness (QED) is 0.647. The average molecular weight is 448 g/mol. The standard InChI is InChI=1S/C26H29N3O4/c1-16-7-8-18(28-10-9-19(30)15-28)13-24(16)29-26(31)23-6-4-5-22(23)25(27-29)17-11-20(32-2)14-21(12-17)33-3/h7-8,11-14,19,30H,4-6,9-10,15H2,1-3H3/t19-/m0/s1. The number of hydrogen-bond donors (Lipinski definition) is 1. The molecule has 0 bridgehead atoms. The number of anilines is 1. The number of β-amino-alcohol motifs (C(OH)–C–C–N with tert-alkyl or cyclic N) is 1. The van der Waals surface area contributed by atoms with Gasteiger partial charge in [-0.1, -0.05) is 6.07 Å². The van der Waals surface area contributed by atoms with E-state index in [0.717, 1.165) is 71.6 Å². The molecule has 1 N–H and O–H groups in total. The van der Waals surface area contributed by atoms with E-state index in [4.69, 9.17) is 14.6 Å². The monoisotopic (exact) mass is 447 g/mol. The molecular formula is C26H29N3O4. The fraction of sp³-hybridized carbons (Fsp3) is 0.385. The second-order valence-electron chi connectivity index (χ2n) is 8.84. The summed E-state index contributed by atoms with van der Waals surface area (Å²) in [4.78, 5) is 15.7. The number of aromatic nitrogens is 2. The third-order valence-corrected chi connectivity index (χ3v) is 6.73. The maximum atomic E-state index is 13.5. The van der Waals surface area contributed by atoms with Gasteiger partial charge in [0.05, 0.1) is 31.7 Å². The van der Waals surface area contributed by atoms with Crippen LogP contribution in [0.15, 0.2) is 41.2 Å². The van der Waals surface area contributed by atoms with Crippen LogP contribution in [-0.4, -0.2) is 48.3 Å². The molecule has 1 aromatic heterocycles. The van der Waals surface area contributed by atoms with Crippen molar-refractivity contribution in [1.82, 2.24) is 9.78 Å². The van der Waals surface area contributed by atoms with Crippen LogP contribution in [0.4, 0.5) is 5.69 Å². The zero-order chi connectivity index (χ0) is 23.1. The molecule has 0 radical (unpaired) electrons. The van der Waals surface area contributed by atoms with Gasteiger partial charge in [0.2, 0.25) is 0 Å². The van der Waals surface area contributed by atoms with Gasteiger partial charge in [0.25, 0.3) is 5.56 Å². The molecule has 1 aliphatic carbocycles. The van der Waals surface area contributed by atoms with Crippen molar-refractivity contribution in [2.24, 2.45) is 0 Å². The first-order valence-corrected chi connectivity index (χ1v) is 11.4. The molecule has 0 unspecified atom stereocenters. The van der Waals surface area contributed by atoms with Gasteiger partial charge in [0, 0.05) is 36.0 Å². The molecule has 2 aromatic carbocycles. The van der Waals surface area contributed by atoms with Crippen LogP contribution >= 0.6 is 0 Å². The van der Waals surface area contributed by atoms with Crippen molar-refractivity contribution >= 4 is 5.69 Å². The van der Waals surface area contributed by atoms with E-state index in [1.165, 1.54) is 0 Å². The number of nitrogens with zero attached hydrogens (tertiary/aromatic N) is 3. The van der Waals surface area contributed by atoms with Crippen molar-refractivity contribution in [3.05, 3.63) is 63.4 Å². The molecule has 0 amide bonds. The molecule has 7 nitrogen and oxygen atoms in total. The SMILES string of the molecule is COc1cc(OC)cc(-c2nn(-c3cc(N4CC[C@H](O)C4)ccc3C)c(=O)c3c2CCC3)c1. The molecule has 3 aromatic rings. The van der Waals surface area contributed by atoms with E-state index >= 15 is 0 Å². The minimum atomic E-state index is -0.315. The van der Waals surface area contributed by atoms with Crippen LogP contribution in [0.25, 0.3) is 16.9 Å². The van der Waals surface area contributed by atoms with Crippen LogP contribution in [0.5, 0.6) is 11.5 Å². The highest BCUT2D eigenvalue weighted by atomic mass is 16.5. The fourth-order valence-corrected chi connectivity index (χ4v) is 4.91. The van der Waals surface area contributed by atoms with Crippen molar-refractivity contribution in [1.29, 1.82) is 0 Å². The van der Waals surface area contributed by atoms with Gasteiger partial charge in [0.15, 0.2) is 0 Å². The third kappa shape index (κ3) is 3.86. The van der Waals surface area contributed by atoms with Gasteiger partial charge in [-0.2, -0.15) is 9.78 Å². The van der Waals surface area contributed by atoms with Gasteiger partial charge in [-0.15, -0.1) is 0 Å². The van der Waals surface area contributed by atoms with Crippen molar-refractivity contribution in [3.8, 4) is 28.4 Å². The van der Waals surface area contributed by atoms with Gasteiger partial charge >= 0.3 is 0 Å². The molecule has 33 heavy (non-hydrogen) atoms. The Labute approximate surface area is 193 Å². The molecule has 1 aliphatic heterocycles. The number of aliphatic hydroxyl groups excluding tert-OH is 1. The lowest BCUT2D eigenvalue weighted by Crippen LogP contribution is -2.27. The molecule has 2 aliphatic rings. The molecule has 2 heterocycles. The normalized spacial score (nSPS) is 17.3. The van der Waals surface area contributed by atoms with Crippen molar-refractivity contribution in [2.75, 3.05) is 32.2 Å². The highest BCUT2D eigenvalue weighted by molar-refractivity contribution is 5.69. The Morgan fingerprint density at radius 1 is 1.03 bits per heavy atom. The summed E-state index contributed by atoms with van der Waals surface area (Å²) in [6, 6.07) is 11.8. The molecule has 1 saturated heterocycles. The van der Waals surface area contributed by atoms with E-state index in [9.17, 15) is 9.90 Å². The average Bonchev–Trinajstić information content (AvgIpc) is 3.49. The molecule has 7 heteroatoms. The second kappa shape index (κ2) is 8.56. The van der Waals surface area contributed by atoms with Crippen molar-refractivity contribution < 1.29 is 14.6 Å². The number of hydrogen-bond acceptors (Lipinski definition) is 6. The first kappa shape index (κ1) is 21.5. The highest BCUT2D eigenvalue weighted by Gasteiger charge is 2.25. The highest BCUT2D eigenvalue weighted by Crippen LogP contribution is 2.34. The molecule has 5 rings (SSSR count). The zero-order valence-electron chi connectivity index (χ0n) is 19.3. The lowest BCUT2D eigenvalue weighted by molar-refractivity contribution is 0.198. The van der Waals surface area contributed by atoms with E-state index < -0.39 is 0 Å². The van der Waals surface area contributed by atoms with E-state index in [2.05, 4.69) is 4.90 Å². The largest absolute Gasteiger partial charge is 0.497 e. The molecular weight excluding hydrogens is 418 g/mol. The Kier molecular flexibility index (Phi) is 5.58. The number of rotatable bonds is 5. The number of fused-ring (bicyclic) bond motifs is 1.